The third kappa shape index (κ3) is 6.55. The van der Waals surface area contributed by atoms with Gasteiger partial charge in [0.2, 0.25) is 0 Å². The van der Waals surface area contributed by atoms with Crippen LogP contribution in [0.25, 0.3) is 0 Å². The van der Waals surface area contributed by atoms with E-state index < -0.39 is 13.8 Å². The van der Waals surface area contributed by atoms with E-state index in [1.807, 2.05) is 0 Å². The molecule has 0 unspecified atom stereocenters. The molecule has 0 bridgehead atoms. The molecular formula is C13H25N2O4P. The Morgan fingerprint density at radius 3 is 2.55 bits per heavy atom. The van der Waals surface area contributed by atoms with Crippen molar-refractivity contribution in [3.05, 3.63) is 11.6 Å². The maximum absolute atomic E-state index is 12.1. The van der Waals surface area contributed by atoms with E-state index >= 15 is 0 Å². The molecule has 0 fully saturated rings. The molecular weight excluding hydrogens is 279 g/mol. The molecule has 0 aliphatic heterocycles. The van der Waals surface area contributed by atoms with Crippen molar-refractivity contribution in [3.63, 3.8) is 0 Å². The minimum absolute atomic E-state index is 0.213. The van der Waals surface area contributed by atoms with Gasteiger partial charge in [-0.1, -0.05) is 11.6 Å². The van der Waals surface area contributed by atoms with Crippen molar-refractivity contribution in [3.8, 4) is 0 Å². The van der Waals surface area contributed by atoms with Gasteiger partial charge in [0.1, 0.15) is 0 Å². The van der Waals surface area contributed by atoms with Crippen molar-refractivity contribution in [2.24, 2.45) is 0 Å². The van der Waals surface area contributed by atoms with Crippen LogP contribution in [0.3, 0.4) is 0 Å². The first-order valence-electron chi connectivity index (χ1n) is 7.22. The van der Waals surface area contributed by atoms with Gasteiger partial charge in [-0.2, -0.15) is 0 Å². The van der Waals surface area contributed by atoms with E-state index in [1.54, 1.807) is 13.8 Å². The van der Waals surface area contributed by atoms with Crippen LogP contribution in [0.5, 0.6) is 0 Å². The van der Waals surface area contributed by atoms with Crippen LogP contribution in [0, 0.1) is 0 Å². The molecule has 0 aromatic carbocycles. The van der Waals surface area contributed by atoms with Crippen LogP contribution < -0.4 is 10.4 Å². The Morgan fingerprint density at radius 2 is 2.00 bits per heavy atom. The number of urea groups is 1. The van der Waals surface area contributed by atoms with Gasteiger partial charge in [0.05, 0.1) is 13.2 Å². The molecule has 0 aromatic heterocycles. The van der Waals surface area contributed by atoms with Gasteiger partial charge >= 0.3 is 13.8 Å². The number of hydrogen-bond acceptors (Lipinski definition) is 4. The highest BCUT2D eigenvalue weighted by Crippen LogP contribution is 2.43. The second-order valence-corrected chi connectivity index (χ2v) is 6.29. The lowest BCUT2D eigenvalue weighted by molar-refractivity contribution is 0.206. The zero-order valence-corrected chi connectivity index (χ0v) is 13.2. The quantitative estimate of drug-likeness (QED) is 0.532. The number of allylic oxidation sites excluding steroid dienone is 1. The molecule has 0 aromatic rings. The van der Waals surface area contributed by atoms with Crippen LogP contribution in [0.1, 0.15) is 46.0 Å². The molecule has 20 heavy (non-hydrogen) atoms. The maximum Gasteiger partial charge on any atom is 0.436 e. The van der Waals surface area contributed by atoms with E-state index in [2.05, 4.69) is 16.5 Å². The van der Waals surface area contributed by atoms with Gasteiger partial charge in [-0.15, -0.1) is 0 Å². The Morgan fingerprint density at radius 1 is 1.30 bits per heavy atom. The average Bonchev–Trinajstić information content (AvgIpc) is 2.40. The Labute approximate surface area is 120 Å². The second kappa shape index (κ2) is 9.16. The third-order valence-electron chi connectivity index (χ3n) is 2.95. The summed E-state index contributed by atoms with van der Waals surface area (Å²) in [6.45, 7) is 4.34. The number of amides is 2. The fraction of sp³-hybridized carbons (Fsp3) is 0.769. The zero-order chi connectivity index (χ0) is 14.8. The van der Waals surface area contributed by atoms with Crippen LogP contribution in [-0.2, 0) is 13.6 Å². The fourth-order valence-corrected chi connectivity index (χ4v) is 3.29. The van der Waals surface area contributed by atoms with E-state index in [1.165, 1.54) is 18.4 Å². The van der Waals surface area contributed by atoms with Gasteiger partial charge in [0.25, 0.3) is 0 Å². The molecule has 1 aliphatic rings. The largest absolute Gasteiger partial charge is 0.436 e. The number of hydrogen-bond donors (Lipinski definition) is 2. The monoisotopic (exact) mass is 304 g/mol. The lowest BCUT2D eigenvalue weighted by Gasteiger charge is -2.18. The lowest BCUT2D eigenvalue weighted by Crippen LogP contribution is -2.35. The molecule has 116 valence electrons. The number of carbonyl (C=O) groups excluding carboxylic acids is 1. The van der Waals surface area contributed by atoms with Crippen molar-refractivity contribution in [1.29, 1.82) is 0 Å². The Bertz CT molecular complexity index is 375. The molecule has 0 heterocycles. The fourth-order valence-electron chi connectivity index (χ4n) is 2.07. The first-order valence-corrected chi connectivity index (χ1v) is 8.77. The van der Waals surface area contributed by atoms with Crippen molar-refractivity contribution in [2.75, 3.05) is 19.8 Å². The normalized spacial score (nSPS) is 15.6. The van der Waals surface area contributed by atoms with E-state index in [0.29, 0.717) is 6.54 Å². The van der Waals surface area contributed by atoms with Crippen LogP contribution in [0.15, 0.2) is 11.6 Å². The van der Waals surface area contributed by atoms with Crippen molar-refractivity contribution < 1.29 is 18.4 Å². The van der Waals surface area contributed by atoms with Crippen molar-refractivity contribution >= 4 is 13.8 Å². The van der Waals surface area contributed by atoms with Gasteiger partial charge in [-0.3, -0.25) is 9.05 Å². The summed E-state index contributed by atoms with van der Waals surface area (Å²) in [4.78, 5) is 11.7. The molecule has 1 aliphatic carbocycles. The molecule has 2 N–H and O–H groups in total. The van der Waals surface area contributed by atoms with Gasteiger partial charge in [0.15, 0.2) is 0 Å². The maximum atomic E-state index is 12.1. The molecule has 0 radical (unpaired) electrons. The minimum Gasteiger partial charge on any atom is -0.337 e. The molecule has 0 saturated heterocycles. The average molecular weight is 304 g/mol. The van der Waals surface area contributed by atoms with E-state index in [-0.39, 0.29) is 13.2 Å². The van der Waals surface area contributed by atoms with Gasteiger partial charge in [-0.25, -0.2) is 14.4 Å². The summed E-state index contributed by atoms with van der Waals surface area (Å²) in [5, 5.41) is 4.95. The second-order valence-electron chi connectivity index (χ2n) is 4.56. The van der Waals surface area contributed by atoms with Crippen LogP contribution >= 0.6 is 7.75 Å². The standard InChI is InChI=1S/C13H25N2O4P/c1-3-18-20(17,19-4-2)15-13(16)14-11-10-12-8-6-5-7-9-12/h8H,3-7,9-11H2,1-2H3,(H2,14,15,16,17). The van der Waals surface area contributed by atoms with E-state index in [4.69, 9.17) is 9.05 Å². The van der Waals surface area contributed by atoms with Crippen molar-refractivity contribution in [2.45, 2.75) is 46.0 Å². The van der Waals surface area contributed by atoms with Crippen LogP contribution in [0.4, 0.5) is 4.79 Å². The topological polar surface area (TPSA) is 76.7 Å². The Balaban J connectivity index is 2.30. The number of rotatable bonds is 8. The predicted molar refractivity (Wildman–Crippen MR) is 78.6 cm³/mol. The number of carbonyl (C=O) groups is 1. The van der Waals surface area contributed by atoms with Gasteiger partial charge in [0, 0.05) is 6.54 Å². The zero-order valence-electron chi connectivity index (χ0n) is 12.3. The Kier molecular flexibility index (Phi) is 7.88. The summed E-state index contributed by atoms with van der Waals surface area (Å²) in [5.41, 5.74) is 1.38. The summed E-state index contributed by atoms with van der Waals surface area (Å²) in [6.07, 6.45) is 7.80. The first-order chi connectivity index (χ1) is 9.59. The van der Waals surface area contributed by atoms with Gasteiger partial charge < -0.3 is 5.32 Å². The third-order valence-corrected chi connectivity index (χ3v) is 4.63. The van der Waals surface area contributed by atoms with Crippen molar-refractivity contribution in [1.82, 2.24) is 10.4 Å². The summed E-state index contributed by atoms with van der Waals surface area (Å²) in [7, 11) is -3.52. The molecule has 6 nitrogen and oxygen atoms in total. The molecule has 0 atom stereocenters. The van der Waals surface area contributed by atoms with E-state index in [9.17, 15) is 9.36 Å². The predicted octanol–water partition coefficient (Wildman–Crippen LogP) is 3.36. The smallest absolute Gasteiger partial charge is 0.337 e. The lowest BCUT2D eigenvalue weighted by atomic mass is 9.97. The highest BCUT2D eigenvalue weighted by Gasteiger charge is 2.26. The van der Waals surface area contributed by atoms with Crippen LogP contribution in [0.2, 0.25) is 0 Å². The molecule has 1 rings (SSSR count). The summed E-state index contributed by atoms with van der Waals surface area (Å²) in [5.74, 6) is 0. The van der Waals surface area contributed by atoms with Gasteiger partial charge in [-0.05, 0) is 46.0 Å². The summed E-state index contributed by atoms with van der Waals surface area (Å²) in [6, 6.07) is -0.522. The van der Waals surface area contributed by atoms with Crippen LogP contribution in [-0.4, -0.2) is 25.8 Å². The minimum atomic E-state index is -3.52. The summed E-state index contributed by atoms with van der Waals surface area (Å²) >= 11 is 0. The summed E-state index contributed by atoms with van der Waals surface area (Å²) < 4.78 is 22.0. The first kappa shape index (κ1) is 17.2. The SMILES string of the molecule is CCOP(=O)(NC(=O)NCCC1=CCCCC1)OCC. The molecule has 0 spiro atoms. The highest BCUT2D eigenvalue weighted by atomic mass is 31.2. The van der Waals surface area contributed by atoms with E-state index in [0.717, 1.165) is 19.3 Å². The molecule has 7 heteroatoms. The molecule has 2 amide bonds. The molecule has 0 saturated carbocycles. The number of nitrogens with one attached hydrogen (secondary N) is 2. The highest BCUT2D eigenvalue weighted by molar-refractivity contribution is 7.52. The Hall–Kier alpha value is -0.840.